The number of rotatable bonds is 3. The number of nitrogens with zero attached hydrogens (tertiary/aromatic N) is 1. The van der Waals surface area contributed by atoms with E-state index in [1.54, 1.807) is 18.5 Å². The van der Waals surface area contributed by atoms with Gasteiger partial charge in [0.2, 0.25) is 0 Å². The van der Waals surface area contributed by atoms with E-state index in [1.807, 2.05) is 0 Å². The van der Waals surface area contributed by atoms with E-state index in [1.165, 1.54) is 19.4 Å². The Balaban J connectivity index is 2.02. The molecule has 10 heavy (non-hydrogen) atoms. The first-order chi connectivity index (χ1) is 4.93. The van der Waals surface area contributed by atoms with Crippen LogP contribution in [0.15, 0.2) is 0 Å². The van der Waals surface area contributed by atoms with Gasteiger partial charge in [0.1, 0.15) is 0 Å². The van der Waals surface area contributed by atoms with Crippen LogP contribution in [-0.4, -0.2) is 30.1 Å². The van der Waals surface area contributed by atoms with Crippen LogP contribution in [0.5, 0.6) is 0 Å². The van der Waals surface area contributed by atoms with E-state index in [0.29, 0.717) is 19.4 Å². The Kier molecular flexibility index (Phi) is 4.33. The highest BCUT2D eigenvalue weighted by Crippen LogP contribution is 2.07. The molecule has 60 valence electrons. The van der Waals surface area contributed by atoms with Crippen molar-refractivity contribution >= 4 is 19.4 Å². The first-order valence-corrected chi connectivity index (χ1v) is 7.92. The molecule has 0 aromatic carbocycles. The molecule has 3 heteroatoms. The van der Waals surface area contributed by atoms with Gasteiger partial charge >= 0.3 is 0 Å². The van der Waals surface area contributed by atoms with Gasteiger partial charge in [-0.05, 0) is 13.0 Å². The van der Waals surface area contributed by atoms with Crippen molar-refractivity contribution in [2.24, 2.45) is 0 Å². The summed E-state index contributed by atoms with van der Waals surface area (Å²) >= 11 is 0. The van der Waals surface area contributed by atoms with E-state index in [4.69, 9.17) is 0 Å². The summed E-state index contributed by atoms with van der Waals surface area (Å²) in [4.78, 5) is 0. The quantitative estimate of drug-likeness (QED) is 0.562. The van der Waals surface area contributed by atoms with Crippen molar-refractivity contribution in [1.82, 2.24) is 4.23 Å². The predicted octanol–water partition coefficient (Wildman–Crippen LogP) is 0.496. The summed E-state index contributed by atoms with van der Waals surface area (Å²) in [6.45, 7) is 3.77. The highest BCUT2D eigenvalue weighted by Gasteiger charge is 2.08. The first kappa shape index (κ1) is 8.49. The first-order valence-electron chi connectivity index (χ1n) is 4.66. The number of hydrogen-bond acceptors (Lipinski definition) is 1. The van der Waals surface area contributed by atoms with Crippen LogP contribution in [-0.2, 0) is 0 Å². The summed E-state index contributed by atoms with van der Waals surface area (Å²) in [7, 11) is 0.594. The predicted molar refractivity (Wildman–Crippen MR) is 52.9 cm³/mol. The van der Waals surface area contributed by atoms with E-state index in [2.05, 4.69) is 11.2 Å². The SMILES string of the molecule is CCCCN1[SiH2]CCC[SiH2]1. The fraction of sp³-hybridized carbons (Fsp3) is 1.00. The van der Waals surface area contributed by atoms with Gasteiger partial charge in [-0.3, -0.25) is 0 Å². The second kappa shape index (κ2) is 5.10. The average Bonchev–Trinajstić information content (AvgIpc) is 2.03. The van der Waals surface area contributed by atoms with Gasteiger partial charge in [-0.25, -0.2) is 0 Å². The van der Waals surface area contributed by atoms with E-state index < -0.39 is 0 Å². The smallest absolute Gasteiger partial charge is 0.0871 e. The molecule has 0 unspecified atom stereocenters. The minimum atomic E-state index is 0.297. The van der Waals surface area contributed by atoms with Crippen molar-refractivity contribution in [3.63, 3.8) is 0 Å². The van der Waals surface area contributed by atoms with E-state index in [0.717, 1.165) is 0 Å². The van der Waals surface area contributed by atoms with Crippen LogP contribution >= 0.6 is 0 Å². The molecule has 0 saturated carbocycles. The summed E-state index contributed by atoms with van der Waals surface area (Å²) in [5.41, 5.74) is 0. The number of hydrogen-bond donors (Lipinski definition) is 0. The molecule has 1 heterocycles. The van der Waals surface area contributed by atoms with Crippen LogP contribution in [0.4, 0.5) is 0 Å². The van der Waals surface area contributed by atoms with Gasteiger partial charge < -0.3 is 4.23 Å². The van der Waals surface area contributed by atoms with E-state index >= 15 is 0 Å². The molecule has 1 nitrogen and oxygen atoms in total. The molecule has 0 aromatic rings. The van der Waals surface area contributed by atoms with Crippen molar-refractivity contribution in [2.75, 3.05) is 6.54 Å². The number of unbranched alkanes of at least 4 members (excludes halogenated alkanes) is 1. The Labute approximate surface area is 69.0 Å². The summed E-state index contributed by atoms with van der Waals surface area (Å²) in [5, 5.41) is 0. The van der Waals surface area contributed by atoms with E-state index in [9.17, 15) is 0 Å². The molecule has 0 spiro atoms. The Bertz CT molecular complexity index is 81.7. The Morgan fingerprint density at radius 1 is 1.30 bits per heavy atom. The normalized spacial score (nSPS) is 26.1. The molecule has 0 bridgehead atoms. The minimum Gasteiger partial charge on any atom is -0.355 e. The van der Waals surface area contributed by atoms with Gasteiger partial charge in [-0.1, -0.05) is 31.9 Å². The third-order valence-electron chi connectivity index (χ3n) is 2.28. The summed E-state index contributed by atoms with van der Waals surface area (Å²) in [5.74, 6) is 0. The summed E-state index contributed by atoms with van der Waals surface area (Å²) < 4.78 is 2.88. The summed E-state index contributed by atoms with van der Waals surface area (Å²) in [6.07, 6.45) is 4.43. The second-order valence-corrected chi connectivity index (χ2v) is 8.25. The third-order valence-corrected chi connectivity index (χ3v) is 7.70. The van der Waals surface area contributed by atoms with Crippen molar-refractivity contribution < 1.29 is 0 Å². The van der Waals surface area contributed by atoms with Crippen LogP contribution < -0.4 is 0 Å². The van der Waals surface area contributed by atoms with Crippen LogP contribution in [0.25, 0.3) is 0 Å². The average molecular weight is 173 g/mol. The molecule has 0 atom stereocenters. The fourth-order valence-corrected chi connectivity index (χ4v) is 7.45. The standard InChI is InChI=1S/C7H19NSi2/c1-2-3-5-8-9-6-4-7-10-8/h2-7,9-10H2,1H3. The van der Waals surface area contributed by atoms with Gasteiger partial charge in [0.25, 0.3) is 0 Å². The Morgan fingerprint density at radius 2 is 2.00 bits per heavy atom. The van der Waals surface area contributed by atoms with Crippen molar-refractivity contribution in [3.05, 3.63) is 0 Å². The zero-order valence-electron chi connectivity index (χ0n) is 7.10. The molecule has 1 fully saturated rings. The molecule has 0 radical (unpaired) electrons. The maximum atomic E-state index is 2.88. The fourth-order valence-electron chi connectivity index (χ4n) is 1.56. The summed E-state index contributed by atoms with van der Waals surface area (Å²) in [6, 6.07) is 3.22. The van der Waals surface area contributed by atoms with Crippen molar-refractivity contribution in [3.8, 4) is 0 Å². The molecule has 1 saturated heterocycles. The Hall–Kier alpha value is 0.394. The Morgan fingerprint density at radius 3 is 2.60 bits per heavy atom. The molecule has 1 aliphatic rings. The lowest BCUT2D eigenvalue weighted by Gasteiger charge is -2.25. The topological polar surface area (TPSA) is 3.24 Å². The lowest BCUT2D eigenvalue weighted by molar-refractivity contribution is 0.599. The zero-order chi connectivity index (χ0) is 7.23. The lowest BCUT2D eigenvalue weighted by atomic mass is 10.3. The third kappa shape index (κ3) is 2.99. The lowest BCUT2D eigenvalue weighted by Crippen LogP contribution is -2.35. The maximum absolute atomic E-state index is 2.88. The van der Waals surface area contributed by atoms with Crippen LogP contribution in [0, 0.1) is 0 Å². The molecule has 0 aliphatic carbocycles. The van der Waals surface area contributed by atoms with Crippen molar-refractivity contribution in [2.45, 2.75) is 38.3 Å². The highest BCUT2D eigenvalue weighted by atomic mass is 28.3. The second-order valence-electron chi connectivity index (χ2n) is 3.26. The van der Waals surface area contributed by atoms with Gasteiger partial charge in [-0.2, -0.15) is 0 Å². The van der Waals surface area contributed by atoms with Crippen LogP contribution in [0.1, 0.15) is 26.2 Å². The van der Waals surface area contributed by atoms with E-state index in [-0.39, 0.29) is 0 Å². The molecule has 1 aliphatic heterocycles. The molecule has 0 amide bonds. The van der Waals surface area contributed by atoms with Crippen LogP contribution in [0.3, 0.4) is 0 Å². The molecule has 1 rings (SSSR count). The maximum Gasteiger partial charge on any atom is 0.0871 e. The van der Waals surface area contributed by atoms with Crippen molar-refractivity contribution in [1.29, 1.82) is 0 Å². The largest absolute Gasteiger partial charge is 0.355 e. The highest BCUT2D eigenvalue weighted by molar-refractivity contribution is 6.51. The van der Waals surface area contributed by atoms with Gasteiger partial charge in [0, 0.05) is 0 Å². The molecule has 0 aromatic heterocycles. The molecular formula is C7H19NSi2. The monoisotopic (exact) mass is 173 g/mol. The zero-order valence-corrected chi connectivity index (χ0v) is 9.93. The van der Waals surface area contributed by atoms with Gasteiger partial charge in [-0.15, -0.1) is 0 Å². The van der Waals surface area contributed by atoms with Crippen LogP contribution in [0.2, 0.25) is 12.1 Å². The molecular weight excluding hydrogens is 154 g/mol. The molecule has 0 N–H and O–H groups in total. The van der Waals surface area contributed by atoms with Gasteiger partial charge in [0.05, 0.1) is 19.4 Å². The minimum absolute atomic E-state index is 0.297. The van der Waals surface area contributed by atoms with Gasteiger partial charge in [0.15, 0.2) is 0 Å².